The summed E-state index contributed by atoms with van der Waals surface area (Å²) in [5.41, 5.74) is 1.79. The summed E-state index contributed by atoms with van der Waals surface area (Å²) in [6.07, 6.45) is 1.83. The van der Waals surface area contributed by atoms with Crippen LogP contribution in [0.5, 0.6) is 0 Å². The topological polar surface area (TPSA) is 74.5 Å². The number of piperidine rings is 1. The number of likely N-dealkylation sites (tertiary alicyclic amines) is 2. The second kappa shape index (κ2) is 7.37. The van der Waals surface area contributed by atoms with Crippen molar-refractivity contribution >= 4 is 23.3 Å². The Hall–Kier alpha value is -2.12. The summed E-state index contributed by atoms with van der Waals surface area (Å²) in [4.78, 5) is 16.9. The second-order valence-corrected chi connectivity index (χ2v) is 8.58. The minimum absolute atomic E-state index is 0.0754. The summed E-state index contributed by atoms with van der Waals surface area (Å²) in [6, 6.07) is 5.55. The fourth-order valence-corrected chi connectivity index (χ4v) is 4.87. The number of anilines is 1. The Morgan fingerprint density at radius 3 is 2.68 bits per heavy atom. The van der Waals surface area contributed by atoms with Crippen LogP contribution in [0.15, 0.2) is 22.6 Å². The lowest BCUT2D eigenvalue weighted by molar-refractivity contribution is 0.110. The van der Waals surface area contributed by atoms with Crippen LogP contribution in [0.3, 0.4) is 0 Å². The van der Waals surface area contributed by atoms with Gasteiger partial charge in [0.25, 0.3) is 0 Å². The average Bonchev–Trinajstić information content (AvgIpc) is 3.21. The van der Waals surface area contributed by atoms with Gasteiger partial charge in [0.15, 0.2) is 0 Å². The number of hydrogen-bond donors (Lipinski definition) is 1. The highest BCUT2D eigenvalue weighted by Crippen LogP contribution is 2.49. The molecule has 1 atom stereocenters. The Balaban J connectivity index is 1.43. The second-order valence-electron chi connectivity index (χ2n) is 8.17. The summed E-state index contributed by atoms with van der Waals surface area (Å²) < 4.78 is 5.76. The lowest BCUT2D eigenvalue weighted by Crippen LogP contribution is -2.47. The number of amides is 2. The van der Waals surface area contributed by atoms with Gasteiger partial charge >= 0.3 is 6.03 Å². The number of benzene rings is 1. The van der Waals surface area contributed by atoms with Gasteiger partial charge < -0.3 is 19.5 Å². The monoisotopic (exact) mass is 403 g/mol. The normalized spacial score (nSPS) is 22.0. The highest BCUT2D eigenvalue weighted by Gasteiger charge is 2.50. The van der Waals surface area contributed by atoms with Crippen LogP contribution in [-0.4, -0.2) is 59.3 Å². The minimum atomic E-state index is -0.0999. The molecule has 0 saturated carbocycles. The molecule has 1 unspecified atom stereocenters. The van der Waals surface area contributed by atoms with Crippen molar-refractivity contribution in [2.24, 2.45) is 5.41 Å². The number of urea groups is 1. The van der Waals surface area contributed by atoms with Gasteiger partial charge in [-0.25, -0.2) is 4.79 Å². The van der Waals surface area contributed by atoms with Crippen molar-refractivity contribution in [3.05, 3.63) is 40.6 Å². The van der Waals surface area contributed by atoms with Crippen molar-refractivity contribution in [3.8, 4) is 0 Å². The maximum Gasteiger partial charge on any atom is 0.321 e. The zero-order chi connectivity index (χ0) is 19.9. The van der Waals surface area contributed by atoms with Crippen LogP contribution in [0.25, 0.3) is 0 Å². The first-order chi connectivity index (χ1) is 13.4. The molecule has 3 heterocycles. The van der Waals surface area contributed by atoms with Crippen LogP contribution in [0, 0.1) is 19.3 Å². The maximum absolute atomic E-state index is 12.7. The van der Waals surface area contributed by atoms with Gasteiger partial charge in [-0.2, -0.15) is 0 Å². The predicted molar refractivity (Wildman–Crippen MR) is 108 cm³/mol. The van der Waals surface area contributed by atoms with E-state index in [2.05, 4.69) is 27.5 Å². The Morgan fingerprint density at radius 1 is 1.29 bits per heavy atom. The number of nitrogens with one attached hydrogen (secondary N) is 1. The number of halogens is 1. The van der Waals surface area contributed by atoms with Gasteiger partial charge in [0.05, 0.1) is 16.6 Å². The molecule has 1 aromatic carbocycles. The van der Waals surface area contributed by atoms with E-state index in [9.17, 15) is 4.79 Å². The van der Waals surface area contributed by atoms with Crippen LogP contribution >= 0.6 is 11.6 Å². The molecule has 1 N–H and O–H groups in total. The molecule has 1 spiro atoms. The van der Waals surface area contributed by atoms with E-state index in [4.69, 9.17) is 16.0 Å². The molecule has 2 amide bonds. The Labute approximate surface area is 170 Å². The van der Waals surface area contributed by atoms with Crippen molar-refractivity contribution in [1.82, 2.24) is 20.0 Å². The number of hydrogen-bond acceptors (Lipinski definition) is 5. The number of rotatable bonds is 2. The van der Waals surface area contributed by atoms with Crippen LogP contribution < -0.4 is 5.32 Å². The molecule has 7 nitrogen and oxygen atoms in total. The summed E-state index contributed by atoms with van der Waals surface area (Å²) in [5.74, 6) is 1.55. The highest BCUT2D eigenvalue weighted by atomic mass is 35.5. The molecule has 0 radical (unpaired) electrons. The number of carbonyl (C=O) groups is 1. The van der Waals surface area contributed by atoms with E-state index >= 15 is 0 Å². The molecule has 8 heteroatoms. The van der Waals surface area contributed by atoms with Gasteiger partial charge in [-0.15, -0.1) is 10.2 Å². The fraction of sp³-hybridized carbons (Fsp3) is 0.550. The number of nitrogens with zero attached hydrogens (tertiary/aromatic N) is 4. The van der Waals surface area contributed by atoms with Crippen LogP contribution in [-0.2, 0) is 0 Å². The molecule has 2 saturated heterocycles. The number of aromatic nitrogens is 2. The van der Waals surface area contributed by atoms with E-state index < -0.39 is 0 Å². The zero-order valence-corrected chi connectivity index (χ0v) is 17.3. The third kappa shape index (κ3) is 3.61. The van der Waals surface area contributed by atoms with E-state index in [1.165, 1.54) is 0 Å². The molecular weight excluding hydrogens is 378 g/mol. The van der Waals surface area contributed by atoms with Gasteiger partial charge in [-0.05, 0) is 49.9 Å². The van der Waals surface area contributed by atoms with Crippen molar-refractivity contribution < 1.29 is 9.21 Å². The Morgan fingerprint density at radius 2 is 2.04 bits per heavy atom. The zero-order valence-electron chi connectivity index (χ0n) is 16.5. The van der Waals surface area contributed by atoms with Gasteiger partial charge in [-0.1, -0.05) is 17.7 Å². The average molecular weight is 404 g/mol. The fourth-order valence-electron chi connectivity index (χ4n) is 4.59. The lowest BCUT2D eigenvalue weighted by atomic mass is 9.71. The van der Waals surface area contributed by atoms with Crippen LogP contribution in [0.2, 0.25) is 5.02 Å². The Kier molecular flexibility index (Phi) is 5.05. The quantitative estimate of drug-likeness (QED) is 0.827. The summed E-state index contributed by atoms with van der Waals surface area (Å²) in [6.45, 7) is 7.09. The van der Waals surface area contributed by atoms with Crippen LogP contribution in [0.4, 0.5) is 10.5 Å². The smallest absolute Gasteiger partial charge is 0.321 e. The first-order valence-electron chi connectivity index (χ1n) is 9.67. The Bertz CT molecular complexity index is 875. The summed E-state index contributed by atoms with van der Waals surface area (Å²) in [7, 11) is 2.13. The standard InChI is InChI=1S/C20H26ClN5O2/c1-13-4-5-17(16(21)10-13)22-19(27)26-8-6-20(7-9-26)12-25(3)11-15(20)18-24-23-14(2)28-18/h4-5,10,15H,6-9,11-12H2,1-3H3,(H,22,27). The third-order valence-electron chi connectivity index (χ3n) is 6.07. The first-order valence-corrected chi connectivity index (χ1v) is 10.0. The van der Waals surface area contributed by atoms with Gasteiger partial charge in [-0.3, -0.25) is 0 Å². The molecule has 2 fully saturated rings. The van der Waals surface area contributed by atoms with Crippen molar-refractivity contribution in [3.63, 3.8) is 0 Å². The number of carbonyl (C=O) groups excluding carboxylic acids is 1. The van der Waals surface area contributed by atoms with Gasteiger partial charge in [0.2, 0.25) is 11.8 Å². The number of likely N-dealkylation sites (N-methyl/N-ethyl adjacent to an activating group) is 1. The van der Waals surface area contributed by atoms with Crippen LogP contribution in [0.1, 0.15) is 36.1 Å². The van der Waals surface area contributed by atoms with Crippen molar-refractivity contribution in [1.29, 1.82) is 0 Å². The molecule has 0 bridgehead atoms. The highest BCUT2D eigenvalue weighted by molar-refractivity contribution is 6.33. The van der Waals surface area contributed by atoms with E-state index in [0.29, 0.717) is 29.7 Å². The summed E-state index contributed by atoms with van der Waals surface area (Å²) in [5, 5.41) is 11.8. The van der Waals surface area contributed by atoms with E-state index in [1.807, 2.05) is 36.9 Å². The molecule has 28 heavy (non-hydrogen) atoms. The molecule has 0 aliphatic carbocycles. The van der Waals surface area contributed by atoms with Gasteiger partial charge in [0, 0.05) is 33.1 Å². The molecule has 2 aromatic rings. The number of aryl methyl sites for hydroxylation is 2. The molecule has 2 aliphatic rings. The van der Waals surface area contributed by atoms with Crippen molar-refractivity contribution in [2.75, 3.05) is 38.5 Å². The summed E-state index contributed by atoms with van der Waals surface area (Å²) >= 11 is 6.25. The van der Waals surface area contributed by atoms with Crippen molar-refractivity contribution in [2.45, 2.75) is 32.6 Å². The first kappa shape index (κ1) is 19.2. The van der Waals surface area contributed by atoms with E-state index in [-0.39, 0.29) is 17.4 Å². The SMILES string of the molecule is Cc1ccc(NC(=O)N2CCC3(CC2)CN(C)CC3c2nnc(C)o2)c(Cl)c1. The predicted octanol–water partition coefficient (Wildman–Crippen LogP) is 3.68. The molecule has 1 aromatic heterocycles. The largest absolute Gasteiger partial charge is 0.425 e. The third-order valence-corrected chi connectivity index (χ3v) is 6.38. The molecule has 2 aliphatic heterocycles. The minimum Gasteiger partial charge on any atom is -0.425 e. The van der Waals surface area contributed by atoms with Gasteiger partial charge in [0.1, 0.15) is 0 Å². The lowest BCUT2D eigenvalue weighted by Gasteiger charge is -2.41. The molecule has 4 rings (SSSR count). The molecular formula is C20H26ClN5O2. The van der Waals surface area contributed by atoms with E-state index in [0.717, 1.165) is 37.4 Å². The maximum atomic E-state index is 12.7. The van der Waals surface area contributed by atoms with E-state index in [1.54, 1.807) is 0 Å². The molecule has 150 valence electrons.